The normalized spacial score (nSPS) is 23.0. The highest BCUT2D eigenvalue weighted by atomic mass is 16.2. The molecule has 29 heavy (non-hydrogen) atoms. The van der Waals surface area contributed by atoms with Gasteiger partial charge in [-0.25, -0.2) is 9.97 Å². The summed E-state index contributed by atoms with van der Waals surface area (Å²) in [5.74, 6) is -0.253. The number of rotatable bonds is 3. The number of nitrogens with zero attached hydrogens (tertiary/aromatic N) is 4. The van der Waals surface area contributed by atoms with Crippen LogP contribution in [0.15, 0.2) is 24.3 Å². The Hall–Kier alpha value is -3.58. The quantitative estimate of drug-likeness (QED) is 0.810. The van der Waals surface area contributed by atoms with Crippen LogP contribution in [-0.4, -0.2) is 21.7 Å². The third-order valence-corrected chi connectivity index (χ3v) is 6.58. The predicted octanol–water partition coefficient (Wildman–Crippen LogP) is 3.22. The lowest BCUT2D eigenvalue weighted by molar-refractivity contribution is -0.124. The zero-order chi connectivity index (χ0) is 21.0. The monoisotopic (exact) mass is 385 g/mol. The maximum atomic E-state index is 13.6. The van der Waals surface area contributed by atoms with E-state index in [9.17, 15) is 20.1 Å². The molecule has 1 aromatic heterocycles. The number of fused-ring (bicyclic) bond motifs is 5. The molecule has 1 amide bonds. The molecule has 1 aromatic carbocycles. The van der Waals surface area contributed by atoms with Crippen molar-refractivity contribution in [1.82, 2.24) is 9.97 Å². The van der Waals surface area contributed by atoms with Crippen LogP contribution in [-0.2, 0) is 10.2 Å². The van der Waals surface area contributed by atoms with E-state index in [1.54, 1.807) is 24.3 Å². The van der Waals surface area contributed by atoms with Crippen LogP contribution in [0.5, 0.6) is 0 Å². The van der Waals surface area contributed by atoms with Gasteiger partial charge < -0.3 is 5.32 Å². The van der Waals surface area contributed by atoms with Gasteiger partial charge in [-0.15, -0.1) is 0 Å². The molecule has 2 aliphatic carbocycles. The van der Waals surface area contributed by atoms with Gasteiger partial charge in [-0.05, 0) is 49.4 Å². The van der Waals surface area contributed by atoms with E-state index in [4.69, 9.17) is 0 Å². The molecule has 2 unspecified atom stereocenters. The Morgan fingerprint density at radius 3 is 2.31 bits per heavy atom. The van der Waals surface area contributed by atoms with Gasteiger partial charge in [0.1, 0.15) is 12.1 Å². The Balaban J connectivity index is 1.79. The number of ketones is 1. The highest BCUT2D eigenvalue weighted by Gasteiger charge is 2.68. The van der Waals surface area contributed by atoms with Gasteiger partial charge in [-0.2, -0.15) is 10.5 Å². The molecule has 0 aliphatic heterocycles. The first-order valence-corrected chi connectivity index (χ1v) is 9.41. The largest absolute Gasteiger partial charge is 0.325 e. The Morgan fingerprint density at radius 2 is 1.72 bits per heavy atom. The van der Waals surface area contributed by atoms with E-state index in [2.05, 4.69) is 15.3 Å². The van der Waals surface area contributed by atoms with Gasteiger partial charge in [-0.3, -0.25) is 9.59 Å². The number of nitrogens with one attached hydrogen (secondary N) is 1. The summed E-state index contributed by atoms with van der Waals surface area (Å²) >= 11 is 0. The molecule has 2 bridgehead atoms. The second-order valence-electron chi connectivity index (χ2n) is 8.18. The van der Waals surface area contributed by atoms with Crippen molar-refractivity contribution in [2.45, 2.75) is 44.9 Å². The molecule has 7 heteroatoms. The lowest BCUT2D eigenvalue weighted by atomic mass is 9.67. The molecule has 1 heterocycles. The average Bonchev–Trinajstić information content (AvgIpc) is 3.08. The second-order valence-corrected chi connectivity index (χ2v) is 8.18. The summed E-state index contributed by atoms with van der Waals surface area (Å²) in [4.78, 5) is 33.9. The molecule has 0 radical (unpaired) electrons. The number of anilines is 1. The van der Waals surface area contributed by atoms with Crippen molar-refractivity contribution in [2.75, 3.05) is 5.32 Å². The van der Waals surface area contributed by atoms with Gasteiger partial charge in [0, 0.05) is 17.2 Å². The fourth-order valence-corrected chi connectivity index (χ4v) is 4.94. The van der Waals surface area contributed by atoms with Crippen LogP contribution in [0.25, 0.3) is 0 Å². The molecule has 2 aromatic rings. The number of benzene rings is 1. The van der Waals surface area contributed by atoms with Crippen LogP contribution in [0.4, 0.5) is 5.69 Å². The van der Waals surface area contributed by atoms with Gasteiger partial charge >= 0.3 is 0 Å². The smallest absolute Gasteiger partial charge is 0.237 e. The summed E-state index contributed by atoms with van der Waals surface area (Å²) in [5, 5.41) is 21.6. The van der Waals surface area contributed by atoms with Crippen molar-refractivity contribution < 1.29 is 9.59 Å². The van der Waals surface area contributed by atoms with Crippen molar-refractivity contribution in [1.29, 1.82) is 10.5 Å². The minimum atomic E-state index is -0.932. The SMILES string of the molecule is CC(=O)c1ccc(NC(=O)C23CCC(c4nc(C#N)c(C#N)nc42)C3(C)C)cc1. The van der Waals surface area contributed by atoms with E-state index >= 15 is 0 Å². The number of nitriles is 2. The lowest BCUT2D eigenvalue weighted by Crippen LogP contribution is -2.46. The molecule has 1 saturated carbocycles. The van der Waals surface area contributed by atoms with Crippen molar-refractivity contribution in [2.24, 2.45) is 5.41 Å². The van der Waals surface area contributed by atoms with Crippen molar-refractivity contribution in [3.05, 3.63) is 52.6 Å². The number of aromatic nitrogens is 2. The highest BCUT2D eigenvalue weighted by Crippen LogP contribution is 2.67. The molecule has 0 spiro atoms. The number of hydrogen-bond donors (Lipinski definition) is 1. The number of Topliss-reactive ketones (excluding diaryl/α,β-unsaturated/α-hetero) is 1. The van der Waals surface area contributed by atoms with Crippen molar-refractivity contribution >= 4 is 17.4 Å². The number of carbonyl (C=O) groups excluding carboxylic acids is 2. The summed E-state index contributed by atoms with van der Waals surface area (Å²) < 4.78 is 0. The average molecular weight is 385 g/mol. The first-order chi connectivity index (χ1) is 13.8. The summed E-state index contributed by atoms with van der Waals surface area (Å²) in [6.07, 6.45) is 1.36. The number of carbonyl (C=O) groups is 2. The maximum Gasteiger partial charge on any atom is 0.237 e. The van der Waals surface area contributed by atoms with Crippen LogP contribution in [0.2, 0.25) is 0 Å². The topological polar surface area (TPSA) is 120 Å². The van der Waals surface area contributed by atoms with Gasteiger partial charge in [-0.1, -0.05) is 13.8 Å². The van der Waals surface area contributed by atoms with Gasteiger partial charge in [0.05, 0.1) is 16.8 Å². The molecule has 1 fully saturated rings. The van der Waals surface area contributed by atoms with E-state index in [1.165, 1.54) is 6.92 Å². The molecule has 2 aliphatic rings. The fraction of sp³-hybridized carbons (Fsp3) is 0.364. The van der Waals surface area contributed by atoms with Gasteiger partial charge in [0.15, 0.2) is 17.2 Å². The highest BCUT2D eigenvalue weighted by molar-refractivity contribution is 6.02. The van der Waals surface area contributed by atoms with Gasteiger partial charge in [0.25, 0.3) is 0 Å². The second kappa shape index (κ2) is 6.22. The van der Waals surface area contributed by atoms with Crippen LogP contribution in [0, 0.1) is 28.1 Å². The minimum Gasteiger partial charge on any atom is -0.325 e. The van der Waals surface area contributed by atoms with Crippen molar-refractivity contribution in [3.63, 3.8) is 0 Å². The minimum absolute atomic E-state index is 0.00400. The Bertz CT molecular complexity index is 1140. The fourth-order valence-electron chi connectivity index (χ4n) is 4.94. The third kappa shape index (κ3) is 2.41. The summed E-state index contributed by atoms with van der Waals surface area (Å²) in [6, 6.07) is 10.6. The lowest BCUT2D eigenvalue weighted by Gasteiger charge is -2.36. The molecular weight excluding hydrogens is 366 g/mol. The summed E-state index contributed by atoms with van der Waals surface area (Å²) in [6.45, 7) is 5.53. The first-order valence-electron chi connectivity index (χ1n) is 9.41. The zero-order valence-corrected chi connectivity index (χ0v) is 16.4. The van der Waals surface area contributed by atoms with Crippen LogP contribution >= 0.6 is 0 Å². The van der Waals surface area contributed by atoms with Crippen LogP contribution < -0.4 is 5.32 Å². The molecule has 144 valence electrons. The summed E-state index contributed by atoms with van der Waals surface area (Å²) in [5.41, 5.74) is 0.883. The van der Waals surface area contributed by atoms with E-state index in [0.29, 0.717) is 29.1 Å². The zero-order valence-electron chi connectivity index (χ0n) is 16.4. The maximum absolute atomic E-state index is 13.6. The molecule has 4 rings (SSSR count). The molecule has 2 atom stereocenters. The van der Waals surface area contributed by atoms with E-state index in [1.807, 2.05) is 26.0 Å². The Morgan fingerprint density at radius 1 is 1.10 bits per heavy atom. The Kier molecular flexibility index (Phi) is 4.02. The number of amides is 1. The van der Waals surface area contributed by atoms with Crippen LogP contribution in [0.3, 0.4) is 0 Å². The Labute approximate surface area is 168 Å². The predicted molar refractivity (Wildman–Crippen MR) is 104 cm³/mol. The molecule has 7 nitrogen and oxygen atoms in total. The third-order valence-electron chi connectivity index (χ3n) is 6.58. The van der Waals surface area contributed by atoms with E-state index < -0.39 is 10.8 Å². The van der Waals surface area contributed by atoms with E-state index in [0.717, 1.165) is 6.42 Å². The standard InChI is InChI=1S/C22H19N5O2/c1-12(28)13-4-6-14(7-5-13)25-20(29)22-9-8-15(21(22,2)3)18-19(22)27-17(11-24)16(10-23)26-18/h4-7,15H,8-9H2,1-3H3,(H,25,29). The van der Waals surface area contributed by atoms with Crippen molar-refractivity contribution in [3.8, 4) is 12.1 Å². The molecular formula is C22H19N5O2. The summed E-state index contributed by atoms with van der Waals surface area (Å²) in [7, 11) is 0. The number of hydrogen-bond acceptors (Lipinski definition) is 6. The molecule has 0 saturated heterocycles. The van der Waals surface area contributed by atoms with Crippen LogP contribution in [0.1, 0.15) is 72.7 Å². The van der Waals surface area contributed by atoms with E-state index in [-0.39, 0.29) is 29.0 Å². The van der Waals surface area contributed by atoms with Gasteiger partial charge in [0.2, 0.25) is 5.91 Å². The first kappa shape index (κ1) is 18.8. The molecule has 1 N–H and O–H groups in total.